The monoisotopic (exact) mass is 389 g/mol. The Hall–Kier alpha value is -3.29. The lowest BCUT2D eigenvalue weighted by molar-refractivity contribution is -0.147. The fourth-order valence-corrected chi connectivity index (χ4v) is 3.33. The van der Waals surface area contributed by atoms with Gasteiger partial charge in [0.15, 0.2) is 16.9 Å². The van der Waals surface area contributed by atoms with Crippen LogP contribution in [-0.2, 0) is 9.59 Å². The highest BCUT2D eigenvalue weighted by molar-refractivity contribution is 6.12. The molecule has 8 heteroatoms. The average Bonchev–Trinajstić information content (AvgIpc) is 3.46. The number of methoxy groups -OCH3 is 3. The third-order valence-electron chi connectivity index (χ3n) is 4.94. The van der Waals surface area contributed by atoms with Gasteiger partial charge in [-0.25, -0.2) is 4.39 Å². The summed E-state index contributed by atoms with van der Waals surface area (Å²) in [5, 5.41) is 12.3. The number of rotatable bonds is 7. The summed E-state index contributed by atoms with van der Waals surface area (Å²) in [5.74, 6) is -1.78. The number of amides is 1. The minimum absolute atomic E-state index is 0.119. The SMILES string of the molecule is COc1cc(C2CC2(C(=O)O)C(=O)Nc2ccc(F)cc2)cc(OC)c1OC. The molecule has 3 rings (SSSR count). The molecule has 0 heterocycles. The van der Waals surface area contributed by atoms with Crippen molar-refractivity contribution in [2.45, 2.75) is 12.3 Å². The molecule has 0 saturated heterocycles. The molecule has 0 radical (unpaired) electrons. The van der Waals surface area contributed by atoms with Gasteiger partial charge >= 0.3 is 5.97 Å². The minimum Gasteiger partial charge on any atom is -0.493 e. The molecule has 0 bridgehead atoms. The van der Waals surface area contributed by atoms with Gasteiger partial charge < -0.3 is 24.6 Å². The molecule has 2 aromatic carbocycles. The summed E-state index contributed by atoms with van der Waals surface area (Å²) in [7, 11) is 4.38. The second-order valence-corrected chi connectivity index (χ2v) is 6.45. The maximum atomic E-state index is 13.0. The number of carboxylic acids is 1. The fourth-order valence-electron chi connectivity index (χ4n) is 3.33. The van der Waals surface area contributed by atoms with E-state index in [0.29, 0.717) is 28.5 Å². The molecule has 2 unspecified atom stereocenters. The molecule has 0 aromatic heterocycles. The van der Waals surface area contributed by atoms with E-state index >= 15 is 0 Å². The number of carboxylic acid groups (broad SMARTS) is 1. The molecule has 1 amide bonds. The number of aliphatic carboxylic acids is 1. The summed E-state index contributed by atoms with van der Waals surface area (Å²) in [6.45, 7) is 0. The highest BCUT2D eigenvalue weighted by Crippen LogP contribution is 2.61. The van der Waals surface area contributed by atoms with Crippen LogP contribution < -0.4 is 19.5 Å². The topological polar surface area (TPSA) is 94.1 Å². The number of anilines is 1. The number of benzene rings is 2. The number of carbonyl (C=O) groups is 2. The number of nitrogens with one attached hydrogen (secondary N) is 1. The highest BCUT2D eigenvalue weighted by atomic mass is 19.1. The summed E-state index contributed by atoms with van der Waals surface area (Å²) in [5.41, 5.74) is -0.715. The third kappa shape index (κ3) is 3.21. The summed E-state index contributed by atoms with van der Waals surface area (Å²) >= 11 is 0. The van der Waals surface area contributed by atoms with Gasteiger partial charge in [0.25, 0.3) is 0 Å². The van der Waals surface area contributed by atoms with E-state index in [9.17, 15) is 19.1 Å². The van der Waals surface area contributed by atoms with Gasteiger partial charge in [-0.3, -0.25) is 9.59 Å². The fraction of sp³-hybridized carbons (Fsp3) is 0.300. The number of carbonyl (C=O) groups excluding carboxylic acids is 1. The van der Waals surface area contributed by atoms with Crippen molar-refractivity contribution in [2.24, 2.45) is 5.41 Å². The van der Waals surface area contributed by atoms with Crippen molar-refractivity contribution in [1.82, 2.24) is 0 Å². The normalized spacial score (nSPS) is 20.2. The van der Waals surface area contributed by atoms with Gasteiger partial charge in [-0.1, -0.05) is 0 Å². The maximum absolute atomic E-state index is 13.0. The van der Waals surface area contributed by atoms with Crippen LogP contribution in [0.5, 0.6) is 17.2 Å². The van der Waals surface area contributed by atoms with Crippen molar-refractivity contribution < 1.29 is 33.3 Å². The number of ether oxygens (including phenoxy) is 3. The van der Waals surface area contributed by atoms with Gasteiger partial charge in [-0.2, -0.15) is 0 Å². The van der Waals surface area contributed by atoms with Gasteiger partial charge in [-0.05, 0) is 48.4 Å². The first-order chi connectivity index (χ1) is 13.4. The highest BCUT2D eigenvalue weighted by Gasteiger charge is 2.67. The van der Waals surface area contributed by atoms with E-state index in [2.05, 4.69) is 5.32 Å². The molecule has 2 atom stereocenters. The molecule has 7 nitrogen and oxygen atoms in total. The Bertz CT molecular complexity index is 888. The Labute approximate surface area is 161 Å². The van der Waals surface area contributed by atoms with E-state index in [1.165, 1.54) is 45.6 Å². The van der Waals surface area contributed by atoms with Crippen molar-refractivity contribution in [3.63, 3.8) is 0 Å². The number of halogens is 1. The Morgan fingerprint density at radius 2 is 1.64 bits per heavy atom. The van der Waals surface area contributed by atoms with Crippen molar-refractivity contribution in [3.05, 3.63) is 47.8 Å². The van der Waals surface area contributed by atoms with E-state index in [1.807, 2.05) is 0 Å². The summed E-state index contributed by atoms with van der Waals surface area (Å²) in [4.78, 5) is 24.7. The molecule has 1 fully saturated rings. The lowest BCUT2D eigenvalue weighted by atomic mass is 9.97. The minimum atomic E-state index is -1.63. The summed E-state index contributed by atoms with van der Waals surface area (Å²) < 4.78 is 28.9. The van der Waals surface area contributed by atoms with Gasteiger partial charge in [0, 0.05) is 11.6 Å². The Balaban J connectivity index is 1.92. The largest absolute Gasteiger partial charge is 0.493 e. The lowest BCUT2D eigenvalue weighted by Crippen LogP contribution is -2.33. The Morgan fingerprint density at radius 1 is 1.07 bits per heavy atom. The third-order valence-corrected chi connectivity index (χ3v) is 4.94. The van der Waals surface area contributed by atoms with Gasteiger partial charge in [0.1, 0.15) is 5.82 Å². The van der Waals surface area contributed by atoms with Crippen LogP contribution in [-0.4, -0.2) is 38.3 Å². The zero-order chi connectivity index (χ0) is 20.5. The molecule has 0 spiro atoms. The van der Waals surface area contributed by atoms with Crippen molar-refractivity contribution in [3.8, 4) is 17.2 Å². The van der Waals surface area contributed by atoms with Crippen LogP contribution in [0, 0.1) is 11.2 Å². The van der Waals surface area contributed by atoms with Crippen LogP contribution >= 0.6 is 0 Å². The summed E-state index contributed by atoms with van der Waals surface area (Å²) in [6, 6.07) is 8.41. The molecule has 0 aliphatic heterocycles. The van der Waals surface area contributed by atoms with Gasteiger partial charge in [0.05, 0.1) is 21.3 Å². The zero-order valence-corrected chi connectivity index (χ0v) is 15.6. The van der Waals surface area contributed by atoms with E-state index in [-0.39, 0.29) is 6.42 Å². The van der Waals surface area contributed by atoms with Crippen LogP contribution in [0.2, 0.25) is 0 Å². The molecular weight excluding hydrogens is 369 g/mol. The molecular formula is C20H20FNO6. The van der Waals surface area contributed by atoms with Crippen molar-refractivity contribution in [1.29, 1.82) is 0 Å². The molecule has 1 saturated carbocycles. The first kappa shape index (κ1) is 19.5. The molecule has 28 heavy (non-hydrogen) atoms. The maximum Gasteiger partial charge on any atom is 0.319 e. The molecule has 1 aliphatic carbocycles. The van der Waals surface area contributed by atoms with Gasteiger partial charge in [0.2, 0.25) is 11.7 Å². The van der Waals surface area contributed by atoms with E-state index in [1.54, 1.807) is 12.1 Å². The Kier molecular flexibility index (Phi) is 5.13. The van der Waals surface area contributed by atoms with E-state index < -0.39 is 29.0 Å². The predicted molar refractivity (Wildman–Crippen MR) is 98.6 cm³/mol. The van der Waals surface area contributed by atoms with Gasteiger partial charge in [-0.15, -0.1) is 0 Å². The smallest absolute Gasteiger partial charge is 0.319 e. The van der Waals surface area contributed by atoms with Crippen LogP contribution in [0.25, 0.3) is 0 Å². The molecule has 2 aromatic rings. The van der Waals surface area contributed by atoms with Crippen molar-refractivity contribution >= 4 is 17.6 Å². The van der Waals surface area contributed by atoms with Crippen molar-refractivity contribution in [2.75, 3.05) is 26.6 Å². The quantitative estimate of drug-likeness (QED) is 0.707. The zero-order valence-electron chi connectivity index (χ0n) is 15.6. The number of hydrogen-bond donors (Lipinski definition) is 2. The van der Waals surface area contributed by atoms with E-state index in [0.717, 1.165) is 0 Å². The predicted octanol–water partition coefficient (Wildman–Crippen LogP) is 3.05. The van der Waals surface area contributed by atoms with Crippen LogP contribution in [0.4, 0.5) is 10.1 Å². The molecule has 1 aliphatic rings. The molecule has 148 valence electrons. The van der Waals surface area contributed by atoms with Crippen LogP contribution in [0.1, 0.15) is 17.9 Å². The standard InChI is InChI=1S/C20H20FNO6/c1-26-15-8-11(9-16(27-2)17(15)28-3)14-10-20(14,19(24)25)18(23)22-13-6-4-12(21)5-7-13/h4-9,14H,10H2,1-3H3,(H,22,23)(H,24,25). The number of hydrogen-bond acceptors (Lipinski definition) is 5. The molecule has 2 N–H and O–H groups in total. The van der Waals surface area contributed by atoms with Crippen LogP contribution in [0.15, 0.2) is 36.4 Å². The first-order valence-corrected chi connectivity index (χ1v) is 8.47. The second-order valence-electron chi connectivity index (χ2n) is 6.45. The first-order valence-electron chi connectivity index (χ1n) is 8.47. The van der Waals surface area contributed by atoms with Crippen LogP contribution in [0.3, 0.4) is 0 Å². The Morgan fingerprint density at radius 3 is 2.11 bits per heavy atom. The summed E-state index contributed by atoms with van der Waals surface area (Å²) in [6.07, 6.45) is 0.119. The second kappa shape index (κ2) is 7.38. The van der Waals surface area contributed by atoms with E-state index in [4.69, 9.17) is 14.2 Å². The lowest BCUT2D eigenvalue weighted by Gasteiger charge is -2.16. The average molecular weight is 389 g/mol.